The molecular formula is C14H10N2O3S. The highest BCUT2D eigenvalue weighted by atomic mass is 32.1. The van der Waals surface area contributed by atoms with Gasteiger partial charge in [-0.1, -0.05) is 0 Å². The maximum absolute atomic E-state index is 12.0. The second-order valence-corrected chi connectivity index (χ2v) is 4.91. The lowest BCUT2D eigenvalue weighted by molar-refractivity contribution is 0.0736. The molecule has 2 aliphatic rings. The van der Waals surface area contributed by atoms with Crippen LogP contribution in [-0.2, 0) is 0 Å². The quantitative estimate of drug-likeness (QED) is 0.440. The second-order valence-electron chi connectivity index (χ2n) is 4.13. The molecule has 0 bridgehead atoms. The maximum Gasteiger partial charge on any atom is 0.344 e. The monoisotopic (exact) mass is 286 g/mol. The number of carbonyl (C=O) groups excluding carboxylic acids is 1. The van der Waals surface area contributed by atoms with Crippen molar-refractivity contribution >= 4 is 23.1 Å². The average molecular weight is 286 g/mol. The van der Waals surface area contributed by atoms with Crippen LogP contribution in [0.3, 0.4) is 0 Å². The number of hydrogen-bond acceptors (Lipinski definition) is 5. The molecule has 1 aromatic heterocycles. The fraction of sp³-hybridized carbons (Fsp3) is 0. The zero-order chi connectivity index (χ0) is 14.1. The van der Waals surface area contributed by atoms with Gasteiger partial charge in [0, 0.05) is 16.5 Å². The Morgan fingerprint density at radius 2 is 2.25 bits per heavy atom. The summed E-state index contributed by atoms with van der Waals surface area (Å²) in [6, 6.07) is 5.02. The molecule has 0 saturated carbocycles. The normalized spacial score (nSPS) is 10.6. The largest absolute Gasteiger partial charge is 0.472 e. The Labute approximate surface area is 118 Å². The summed E-state index contributed by atoms with van der Waals surface area (Å²) in [5.41, 5.74) is 7.80. The van der Waals surface area contributed by atoms with Gasteiger partial charge in [0.1, 0.15) is 11.6 Å². The highest BCUT2D eigenvalue weighted by Crippen LogP contribution is 2.38. The first-order chi connectivity index (χ1) is 9.66. The van der Waals surface area contributed by atoms with E-state index in [1.807, 2.05) is 0 Å². The molecule has 3 rings (SSSR count). The van der Waals surface area contributed by atoms with Crippen LogP contribution in [0.2, 0.25) is 0 Å². The van der Waals surface area contributed by atoms with E-state index >= 15 is 0 Å². The zero-order valence-corrected chi connectivity index (χ0v) is 11.1. The van der Waals surface area contributed by atoms with E-state index in [0.717, 1.165) is 5.56 Å². The summed E-state index contributed by atoms with van der Waals surface area (Å²) >= 11 is 1.41. The number of amidine groups is 1. The average Bonchev–Trinajstić information content (AvgIpc) is 3.06. The molecule has 0 saturated heterocycles. The van der Waals surface area contributed by atoms with E-state index in [2.05, 4.69) is 0 Å². The van der Waals surface area contributed by atoms with Crippen molar-refractivity contribution in [3.8, 4) is 16.9 Å². The van der Waals surface area contributed by atoms with E-state index < -0.39 is 5.97 Å². The van der Waals surface area contributed by atoms with Gasteiger partial charge in [0.05, 0.1) is 23.7 Å². The van der Waals surface area contributed by atoms with Gasteiger partial charge in [-0.25, -0.2) is 4.79 Å². The number of esters is 1. The Morgan fingerprint density at radius 3 is 2.95 bits per heavy atom. The van der Waals surface area contributed by atoms with Crippen LogP contribution >= 0.6 is 11.3 Å². The molecule has 1 aromatic rings. The van der Waals surface area contributed by atoms with E-state index in [0.29, 0.717) is 22.4 Å². The molecule has 3 N–H and O–H groups in total. The van der Waals surface area contributed by atoms with Crippen LogP contribution in [0.25, 0.3) is 11.1 Å². The molecule has 5 nitrogen and oxygen atoms in total. The number of carbonyl (C=O) groups is 1. The lowest BCUT2D eigenvalue weighted by atomic mass is 10.2. The van der Waals surface area contributed by atoms with Crippen molar-refractivity contribution in [3.05, 3.63) is 52.6 Å². The van der Waals surface area contributed by atoms with E-state index in [-0.39, 0.29) is 5.84 Å². The maximum atomic E-state index is 12.0. The molecule has 0 atom stereocenters. The third kappa shape index (κ3) is 2.06. The van der Waals surface area contributed by atoms with Crippen LogP contribution in [0, 0.1) is 5.41 Å². The zero-order valence-electron chi connectivity index (χ0n) is 10.3. The van der Waals surface area contributed by atoms with Gasteiger partial charge in [-0.3, -0.25) is 5.41 Å². The van der Waals surface area contributed by atoms with Crippen molar-refractivity contribution in [2.24, 2.45) is 5.73 Å². The molecule has 0 radical (unpaired) electrons. The molecule has 0 aromatic carbocycles. The van der Waals surface area contributed by atoms with Crippen molar-refractivity contribution in [3.63, 3.8) is 0 Å². The third-order valence-corrected chi connectivity index (χ3v) is 3.53. The molecule has 0 unspecified atom stereocenters. The predicted octanol–water partition coefficient (Wildman–Crippen LogP) is 2.95. The Kier molecular flexibility index (Phi) is 3.00. The minimum absolute atomic E-state index is 0.158. The highest BCUT2D eigenvalue weighted by Gasteiger charge is 2.22. The van der Waals surface area contributed by atoms with Crippen LogP contribution in [-0.4, -0.2) is 11.8 Å². The Hall–Kier alpha value is -2.60. The molecule has 1 aliphatic heterocycles. The van der Waals surface area contributed by atoms with E-state index in [4.69, 9.17) is 20.3 Å². The van der Waals surface area contributed by atoms with E-state index in [9.17, 15) is 4.79 Å². The fourth-order valence-electron chi connectivity index (χ4n) is 1.91. The molecular weight excluding hydrogens is 276 g/mol. The number of ether oxygens (including phenoxy) is 1. The molecule has 6 heteroatoms. The Morgan fingerprint density at radius 1 is 1.40 bits per heavy atom. The summed E-state index contributed by atoms with van der Waals surface area (Å²) in [4.78, 5) is 12.0. The smallest absolute Gasteiger partial charge is 0.344 e. The number of fused-ring (bicyclic) bond motifs is 1. The topological polar surface area (TPSA) is 89.3 Å². The number of thiophene rings is 1. The minimum atomic E-state index is -0.470. The van der Waals surface area contributed by atoms with Crippen molar-refractivity contribution in [2.75, 3.05) is 0 Å². The molecule has 20 heavy (non-hydrogen) atoms. The molecule has 2 heterocycles. The van der Waals surface area contributed by atoms with Crippen molar-refractivity contribution in [1.82, 2.24) is 0 Å². The Balaban J connectivity index is 2.04. The van der Waals surface area contributed by atoms with Crippen LogP contribution in [0.15, 0.2) is 45.9 Å². The van der Waals surface area contributed by atoms with Crippen LogP contribution in [0.5, 0.6) is 5.75 Å². The SMILES string of the molecule is N=C(N)c1cc2coccc-2c1OC(=O)c1ccsc1. The number of rotatable bonds is 3. The van der Waals surface area contributed by atoms with Crippen LogP contribution in [0.1, 0.15) is 15.9 Å². The van der Waals surface area contributed by atoms with E-state index in [1.54, 1.807) is 29.0 Å². The number of nitrogen functional groups attached to an aromatic ring is 1. The summed E-state index contributed by atoms with van der Waals surface area (Å²) in [7, 11) is 0. The summed E-state index contributed by atoms with van der Waals surface area (Å²) in [5.74, 6) is -0.337. The first-order valence-corrected chi connectivity index (χ1v) is 6.69. The van der Waals surface area contributed by atoms with Gasteiger partial charge in [0.15, 0.2) is 0 Å². The summed E-state index contributed by atoms with van der Waals surface area (Å²) < 4.78 is 10.5. The third-order valence-electron chi connectivity index (χ3n) is 2.85. The molecule has 0 spiro atoms. The van der Waals surface area contributed by atoms with Gasteiger partial charge in [-0.15, -0.1) is 0 Å². The summed E-state index contributed by atoms with van der Waals surface area (Å²) in [6.45, 7) is 0. The van der Waals surface area contributed by atoms with Crippen molar-refractivity contribution in [1.29, 1.82) is 5.41 Å². The lowest BCUT2D eigenvalue weighted by Gasteiger charge is -2.06. The minimum Gasteiger partial charge on any atom is -0.472 e. The Bertz CT molecular complexity index is 746. The number of nitrogens with one attached hydrogen (secondary N) is 1. The molecule has 0 fully saturated rings. The van der Waals surface area contributed by atoms with Gasteiger partial charge < -0.3 is 14.9 Å². The van der Waals surface area contributed by atoms with Crippen molar-refractivity contribution < 1.29 is 13.9 Å². The van der Waals surface area contributed by atoms with Gasteiger partial charge in [0.25, 0.3) is 0 Å². The fourth-order valence-corrected chi connectivity index (χ4v) is 2.53. The van der Waals surface area contributed by atoms with Crippen LogP contribution in [0.4, 0.5) is 0 Å². The molecule has 100 valence electrons. The molecule has 1 aliphatic carbocycles. The number of hydrogen-bond donors (Lipinski definition) is 2. The second kappa shape index (κ2) is 4.82. The first-order valence-electron chi connectivity index (χ1n) is 5.74. The van der Waals surface area contributed by atoms with Gasteiger partial charge >= 0.3 is 5.97 Å². The van der Waals surface area contributed by atoms with Gasteiger partial charge in [-0.05, 0) is 23.6 Å². The van der Waals surface area contributed by atoms with Gasteiger partial charge in [0.2, 0.25) is 0 Å². The van der Waals surface area contributed by atoms with E-state index in [1.165, 1.54) is 23.9 Å². The standard InChI is InChI=1S/C14H10N2O3S/c15-13(16)11-5-9-6-18-3-1-10(9)12(11)19-14(17)8-2-4-20-7-8/h1-7H,(H3,15,16). The molecule has 0 amide bonds. The highest BCUT2D eigenvalue weighted by molar-refractivity contribution is 7.08. The summed E-state index contributed by atoms with van der Waals surface area (Å²) in [6.07, 6.45) is 3.00. The predicted molar refractivity (Wildman–Crippen MR) is 75.6 cm³/mol. The van der Waals surface area contributed by atoms with Crippen LogP contribution < -0.4 is 10.5 Å². The first kappa shape index (κ1) is 12.4. The number of nitrogens with two attached hydrogens (primary N) is 1. The van der Waals surface area contributed by atoms with Crippen molar-refractivity contribution in [2.45, 2.75) is 0 Å². The lowest BCUT2D eigenvalue weighted by Crippen LogP contribution is -2.14. The van der Waals surface area contributed by atoms with Gasteiger partial charge in [-0.2, -0.15) is 11.3 Å². The summed E-state index contributed by atoms with van der Waals surface area (Å²) in [5, 5.41) is 11.1.